The second-order valence-electron chi connectivity index (χ2n) is 8.31. The molecule has 10 nitrogen and oxygen atoms in total. The molecule has 2 aromatic carbocycles. The summed E-state index contributed by atoms with van der Waals surface area (Å²) in [4.78, 5) is 0.123. The summed E-state index contributed by atoms with van der Waals surface area (Å²) < 4.78 is 78.0. The molecule has 0 radical (unpaired) electrons. The lowest BCUT2D eigenvalue weighted by molar-refractivity contribution is 0.304. The van der Waals surface area contributed by atoms with Gasteiger partial charge in [-0.3, -0.25) is 0 Å². The van der Waals surface area contributed by atoms with Crippen molar-refractivity contribution in [2.75, 3.05) is 48.1 Å². The van der Waals surface area contributed by atoms with Gasteiger partial charge in [0.15, 0.2) is 23.0 Å². The third-order valence-electron chi connectivity index (χ3n) is 6.16. The van der Waals surface area contributed by atoms with Crippen molar-refractivity contribution in [3.63, 3.8) is 0 Å². The summed E-state index contributed by atoms with van der Waals surface area (Å²) in [6.45, 7) is 2.47. The molecule has 2 aromatic rings. The maximum Gasteiger partial charge on any atom is 0.243 e. The largest absolute Gasteiger partial charge is 0.493 e. The minimum absolute atomic E-state index is 0.0387. The molecule has 1 saturated heterocycles. The molecule has 0 unspecified atom stereocenters. The van der Waals surface area contributed by atoms with Gasteiger partial charge < -0.3 is 18.9 Å². The van der Waals surface area contributed by atoms with Gasteiger partial charge in [0, 0.05) is 37.8 Å². The Morgan fingerprint density at radius 3 is 1.89 bits per heavy atom. The first kappa shape index (κ1) is 28.0. The molecule has 200 valence electrons. The van der Waals surface area contributed by atoms with Gasteiger partial charge in [0.05, 0.1) is 38.2 Å². The zero-order valence-corrected chi connectivity index (χ0v) is 22.9. The third kappa shape index (κ3) is 5.56. The minimum Gasteiger partial charge on any atom is -0.493 e. The number of ether oxygens (including phenoxy) is 4. The molecule has 0 saturated carbocycles. The normalized spacial score (nSPS) is 16.8. The molecule has 1 fully saturated rings. The molecule has 36 heavy (non-hydrogen) atoms. The number of hydrogen-bond acceptors (Lipinski definition) is 8. The summed E-state index contributed by atoms with van der Waals surface area (Å²) in [5.74, 6) is 1.44. The average molecular weight is 543 g/mol. The highest BCUT2D eigenvalue weighted by Gasteiger charge is 2.39. The average Bonchev–Trinajstić information content (AvgIpc) is 3.36. The van der Waals surface area contributed by atoms with Gasteiger partial charge in [0.25, 0.3) is 0 Å². The van der Waals surface area contributed by atoms with Crippen LogP contribution in [0.3, 0.4) is 0 Å². The van der Waals surface area contributed by atoms with Crippen molar-refractivity contribution < 1.29 is 35.8 Å². The Labute approximate surface area is 213 Å². The van der Waals surface area contributed by atoms with E-state index in [0.29, 0.717) is 48.8 Å². The SMILES string of the molecule is CCCN(C[C@H]1CCCN1S(=O)(=O)c1ccc(OC)c(OC)c1)S(=O)(=O)c1ccc(OC)c(OC)c1. The summed E-state index contributed by atoms with van der Waals surface area (Å²) >= 11 is 0. The topological polar surface area (TPSA) is 112 Å². The fourth-order valence-electron chi connectivity index (χ4n) is 4.34. The molecule has 0 bridgehead atoms. The third-order valence-corrected chi connectivity index (χ3v) is 9.97. The van der Waals surface area contributed by atoms with Crippen LogP contribution >= 0.6 is 0 Å². The van der Waals surface area contributed by atoms with E-state index in [-0.39, 0.29) is 22.9 Å². The van der Waals surface area contributed by atoms with Crippen LogP contribution in [0.1, 0.15) is 26.2 Å². The lowest BCUT2D eigenvalue weighted by Gasteiger charge is -2.30. The van der Waals surface area contributed by atoms with Crippen molar-refractivity contribution in [3.05, 3.63) is 36.4 Å². The van der Waals surface area contributed by atoms with E-state index in [4.69, 9.17) is 18.9 Å². The van der Waals surface area contributed by atoms with E-state index in [1.54, 1.807) is 12.1 Å². The van der Waals surface area contributed by atoms with E-state index in [9.17, 15) is 16.8 Å². The standard InChI is InChI=1S/C24H34N2O8S2/c1-6-13-25(35(27,28)19-9-11-21(31-2)23(15-19)33-4)17-18-8-7-14-26(18)36(29,30)20-10-12-22(32-3)24(16-20)34-5/h9-12,15-16,18H,6-8,13-14,17H2,1-5H3/t18-/m1/s1. The van der Waals surface area contributed by atoms with Crippen molar-refractivity contribution in [2.24, 2.45) is 0 Å². The Bertz CT molecular complexity index is 1260. The Morgan fingerprint density at radius 2 is 1.36 bits per heavy atom. The van der Waals surface area contributed by atoms with Gasteiger partial charge in [-0.15, -0.1) is 0 Å². The van der Waals surface area contributed by atoms with E-state index in [1.807, 2.05) is 6.92 Å². The maximum absolute atomic E-state index is 13.6. The summed E-state index contributed by atoms with van der Waals surface area (Å²) in [6, 6.07) is 8.35. The van der Waals surface area contributed by atoms with Crippen LogP contribution in [0.4, 0.5) is 0 Å². The molecule has 0 amide bonds. The van der Waals surface area contributed by atoms with Crippen molar-refractivity contribution in [2.45, 2.75) is 42.0 Å². The molecule has 1 atom stereocenters. The van der Waals surface area contributed by atoms with Crippen molar-refractivity contribution >= 4 is 20.0 Å². The van der Waals surface area contributed by atoms with Crippen LogP contribution < -0.4 is 18.9 Å². The number of rotatable bonds is 12. The summed E-state index contributed by atoms with van der Waals surface area (Å²) in [5, 5.41) is 0. The van der Waals surface area contributed by atoms with Gasteiger partial charge in [0.2, 0.25) is 20.0 Å². The Balaban J connectivity index is 1.92. The molecular formula is C24H34N2O8S2. The predicted molar refractivity (Wildman–Crippen MR) is 135 cm³/mol. The monoisotopic (exact) mass is 542 g/mol. The van der Waals surface area contributed by atoms with Crippen molar-refractivity contribution in [3.8, 4) is 23.0 Å². The molecule has 12 heteroatoms. The van der Waals surface area contributed by atoms with Crippen LogP contribution in [0.2, 0.25) is 0 Å². The van der Waals surface area contributed by atoms with E-state index < -0.39 is 26.1 Å². The summed E-state index contributed by atoms with van der Waals surface area (Å²) in [5.41, 5.74) is 0. The lowest BCUT2D eigenvalue weighted by Crippen LogP contribution is -2.45. The molecule has 0 aromatic heterocycles. The molecule has 1 heterocycles. The number of nitrogens with zero attached hydrogens (tertiary/aromatic N) is 2. The predicted octanol–water partition coefficient (Wildman–Crippen LogP) is 2.98. The van der Waals surface area contributed by atoms with Crippen LogP contribution in [0, 0.1) is 0 Å². The van der Waals surface area contributed by atoms with Crippen LogP contribution in [-0.2, 0) is 20.0 Å². The van der Waals surface area contributed by atoms with Crippen LogP contribution in [0.15, 0.2) is 46.2 Å². The van der Waals surface area contributed by atoms with Gasteiger partial charge >= 0.3 is 0 Å². The first-order chi connectivity index (χ1) is 17.1. The fourth-order valence-corrected chi connectivity index (χ4v) is 7.63. The van der Waals surface area contributed by atoms with E-state index >= 15 is 0 Å². The van der Waals surface area contributed by atoms with Gasteiger partial charge in [-0.1, -0.05) is 6.92 Å². The summed E-state index contributed by atoms with van der Waals surface area (Å²) in [7, 11) is -1.99. The molecular weight excluding hydrogens is 508 g/mol. The quantitative estimate of drug-likeness (QED) is 0.403. The number of benzene rings is 2. The molecule has 3 rings (SSSR count). The highest BCUT2D eigenvalue weighted by molar-refractivity contribution is 7.89. The molecule has 1 aliphatic heterocycles. The Hall–Kier alpha value is -2.54. The lowest BCUT2D eigenvalue weighted by atomic mass is 10.2. The number of sulfonamides is 2. The Morgan fingerprint density at radius 1 is 0.833 bits per heavy atom. The van der Waals surface area contributed by atoms with Gasteiger partial charge in [-0.25, -0.2) is 16.8 Å². The first-order valence-electron chi connectivity index (χ1n) is 11.6. The smallest absolute Gasteiger partial charge is 0.243 e. The fraction of sp³-hybridized carbons (Fsp3) is 0.500. The van der Waals surface area contributed by atoms with E-state index in [2.05, 4.69) is 0 Å². The molecule has 0 spiro atoms. The van der Waals surface area contributed by atoms with Gasteiger partial charge in [-0.2, -0.15) is 8.61 Å². The number of methoxy groups -OCH3 is 4. The molecule has 0 N–H and O–H groups in total. The van der Waals surface area contributed by atoms with Gasteiger partial charge in [-0.05, 0) is 43.5 Å². The van der Waals surface area contributed by atoms with Gasteiger partial charge in [0.1, 0.15) is 0 Å². The van der Waals surface area contributed by atoms with E-state index in [1.165, 1.54) is 61.3 Å². The molecule has 0 aliphatic carbocycles. The minimum atomic E-state index is -3.92. The van der Waals surface area contributed by atoms with Crippen LogP contribution in [0.25, 0.3) is 0 Å². The second kappa shape index (κ2) is 11.7. The maximum atomic E-state index is 13.6. The van der Waals surface area contributed by atoms with Crippen molar-refractivity contribution in [1.82, 2.24) is 8.61 Å². The zero-order chi connectivity index (χ0) is 26.5. The highest BCUT2D eigenvalue weighted by atomic mass is 32.2. The van der Waals surface area contributed by atoms with E-state index in [0.717, 1.165) is 0 Å². The Kier molecular flexibility index (Phi) is 9.09. The highest BCUT2D eigenvalue weighted by Crippen LogP contribution is 2.34. The zero-order valence-electron chi connectivity index (χ0n) is 21.3. The second-order valence-corrected chi connectivity index (χ2v) is 12.1. The van der Waals surface area contributed by atoms with Crippen LogP contribution in [0.5, 0.6) is 23.0 Å². The summed E-state index contributed by atoms with van der Waals surface area (Å²) in [6.07, 6.45) is 1.75. The number of hydrogen-bond donors (Lipinski definition) is 0. The molecule has 1 aliphatic rings. The van der Waals surface area contributed by atoms with Crippen LogP contribution in [-0.4, -0.2) is 79.6 Å². The first-order valence-corrected chi connectivity index (χ1v) is 14.5. The van der Waals surface area contributed by atoms with Crippen molar-refractivity contribution in [1.29, 1.82) is 0 Å².